The Morgan fingerprint density at radius 2 is 1.64 bits per heavy atom. The van der Waals surface area contributed by atoms with Crippen LogP contribution in [-0.4, -0.2) is 19.6 Å². The minimum atomic E-state index is -0.192. The molecule has 5 nitrogen and oxygen atoms in total. The number of fused-ring (bicyclic) bond motifs is 3. The van der Waals surface area contributed by atoms with Crippen molar-refractivity contribution < 1.29 is 0 Å². The maximum atomic E-state index is 12.6. The molecule has 0 atom stereocenters. The minimum Gasteiger partial charge on any atom is -0.267 e. The fraction of sp³-hybridized carbons (Fsp3) is 0.0588. The molecular formula is C17H12N4O. The molecule has 0 saturated carbocycles. The summed E-state index contributed by atoms with van der Waals surface area (Å²) >= 11 is 0. The first-order chi connectivity index (χ1) is 10.8. The number of hydrogen-bond acceptors (Lipinski definition) is 4. The van der Waals surface area contributed by atoms with Gasteiger partial charge in [-0.1, -0.05) is 42.5 Å². The molecular weight excluding hydrogens is 276 g/mol. The summed E-state index contributed by atoms with van der Waals surface area (Å²) in [6, 6.07) is 17.3. The molecule has 0 amide bonds. The van der Waals surface area contributed by atoms with Crippen molar-refractivity contribution in [1.82, 2.24) is 19.6 Å². The third-order valence-electron chi connectivity index (χ3n) is 3.63. The Morgan fingerprint density at radius 1 is 0.909 bits per heavy atom. The molecule has 2 aromatic heterocycles. The molecule has 2 aromatic carbocycles. The van der Waals surface area contributed by atoms with E-state index >= 15 is 0 Å². The summed E-state index contributed by atoms with van der Waals surface area (Å²) < 4.78 is 1.54. The van der Waals surface area contributed by atoms with Gasteiger partial charge in [-0.3, -0.25) is 4.79 Å². The molecule has 106 valence electrons. The maximum Gasteiger partial charge on any atom is 0.281 e. The third kappa shape index (κ3) is 1.79. The van der Waals surface area contributed by atoms with Gasteiger partial charge >= 0.3 is 0 Å². The Kier molecular flexibility index (Phi) is 2.72. The van der Waals surface area contributed by atoms with E-state index in [1.54, 1.807) is 11.3 Å². The van der Waals surface area contributed by atoms with E-state index in [1.807, 2.05) is 54.6 Å². The van der Waals surface area contributed by atoms with Gasteiger partial charge in [0.2, 0.25) is 0 Å². The Labute approximate surface area is 125 Å². The highest BCUT2D eigenvalue weighted by atomic mass is 16.1. The van der Waals surface area contributed by atoms with Crippen LogP contribution < -0.4 is 5.56 Å². The van der Waals surface area contributed by atoms with Gasteiger partial charge in [-0.2, -0.15) is 0 Å². The van der Waals surface area contributed by atoms with E-state index in [0.717, 1.165) is 16.5 Å². The van der Waals surface area contributed by atoms with Gasteiger partial charge in [0.1, 0.15) is 11.5 Å². The first-order valence-electron chi connectivity index (χ1n) is 6.96. The lowest BCUT2D eigenvalue weighted by Gasteiger charge is -2.10. The predicted octanol–water partition coefficient (Wildman–Crippen LogP) is 2.61. The first-order valence-corrected chi connectivity index (χ1v) is 6.96. The van der Waals surface area contributed by atoms with Crippen LogP contribution in [0.25, 0.3) is 27.9 Å². The third-order valence-corrected chi connectivity index (χ3v) is 3.63. The van der Waals surface area contributed by atoms with Crippen molar-refractivity contribution in [3.63, 3.8) is 0 Å². The molecule has 0 aliphatic heterocycles. The zero-order valence-corrected chi connectivity index (χ0v) is 11.9. The van der Waals surface area contributed by atoms with Crippen LogP contribution in [0.3, 0.4) is 0 Å². The maximum absolute atomic E-state index is 12.6. The number of benzene rings is 2. The smallest absolute Gasteiger partial charge is 0.267 e. The highest BCUT2D eigenvalue weighted by molar-refractivity contribution is 5.92. The summed E-state index contributed by atoms with van der Waals surface area (Å²) in [5.41, 5.74) is 2.35. The molecule has 0 aliphatic rings. The average molecular weight is 288 g/mol. The fourth-order valence-electron chi connectivity index (χ4n) is 2.54. The largest absolute Gasteiger partial charge is 0.281 e. The van der Waals surface area contributed by atoms with Crippen LogP contribution in [0.4, 0.5) is 0 Å². The van der Waals surface area contributed by atoms with Crippen molar-refractivity contribution >= 4 is 16.6 Å². The Morgan fingerprint density at radius 3 is 2.45 bits per heavy atom. The van der Waals surface area contributed by atoms with E-state index in [4.69, 9.17) is 0 Å². The summed E-state index contributed by atoms with van der Waals surface area (Å²) in [6.45, 7) is 1.66. The summed E-state index contributed by atoms with van der Waals surface area (Å²) in [5.74, 6) is 0.581. The van der Waals surface area contributed by atoms with Gasteiger partial charge in [-0.05, 0) is 19.1 Å². The summed E-state index contributed by atoms with van der Waals surface area (Å²) in [7, 11) is 0. The molecule has 4 aromatic rings. The van der Waals surface area contributed by atoms with Crippen molar-refractivity contribution in [3.05, 3.63) is 70.6 Å². The van der Waals surface area contributed by atoms with E-state index in [2.05, 4.69) is 15.2 Å². The van der Waals surface area contributed by atoms with Crippen molar-refractivity contribution in [2.45, 2.75) is 6.92 Å². The first kappa shape index (κ1) is 12.6. The zero-order valence-electron chi connectivity index (χ0n) is 11.9. The van der Waals surface area contributed by atoms with Crippen LogP contribution in [0.15, 0.2) is 59.4 Å². The molecule has 22 heavy (non-hydrogen) atoms. The van der Waals surface area contributed by atoms with E-state index in [0.29, 0.717) is 17.2 Å². The molecule has 0 unspecified atom stereocenters. The lowest BCUT2D eigenvalue weighted by atomic mass is 10.2. The van der Waals surface area contributed by atoms with Gasteiger partial charge in [0.25, 0.3) is 5.56 Å². The second kappa shape index (κ2) is 4.73. The fourth-order valence-corrected chi connectivity index (χ4v) is 2.54. The highest BCUT2D eigenvalue weighted by Gasteiger charge is 2.14. The molecule has 0 bridgehead atoms. The lowest BCUT2D eigenvalue weighted by molar-refractivity contribution is 0.889. The zero-order chi connectivity index (χ0) is 15.1. The number of rotatable bonds is 1. The number of aryl methyl sites for hydroxylation is 1. The molecule has 0 saturated heterocycles. The number of nitrogens with zero attached hydrogens (tertiary/aromatic N) is 4. The Bertz CT molecular complexity index is 1050. The molecule has 0 N–H and O–H groups in total. The highest BCUT2D eigenvalue weighted by Crippen LogP contribution is 2.22. The number of para-hydroxylation sites is 1. The van der Waals surface area contributed by atoms with Crippen LogP contribution in [-0.2, 0) is 0 Å². The summed E-state index contributed by atoms with van der Waals surface area (Å²) in [4.78, 5) is 17.3. The van der Waals surface area contributed by atoms with Crippen molar-refractivity contribution in [2.75, 3.05) is 0 Å². The summed E-state index contributed by atoms with van der Waals surface area (Å²) in [5, 5.41) is 9.02. The summed E-state index contributed by atoms with van der Waals surface area (Å²) in [6.07, 6.45) is 0. The van der Waals surface area contributed by atoms with Crippen molar-refractivity contribution in [2.24, 2.45) is 0 Å². The van der Waals surface area contributed by atoms with Crippen molar-refractivity contribution in [1.29, 1.82) is 0 Å². The monoisotopic (exact) mass is 288 g/mol. The minimum absolute atomic E-state index is 0.192. The molecule has 4 rings (SSSR count). The Hall–Kier alpha value is -3.08. The molecule has 0 fully saturated rings. The molecule has 0 aliphatic carbocycles. The normalized spacial score (nSPS) is 11.1. The van der Waals surface area contributed by atoms with Crippen LogP contribution in [0.2, 0.25) is 0 Å². The van der Waals surface area contributed by atoms with Crippen LogP contribution in [0, 0.1) is 6.92 Å². The average Bonchev–Trinajstić information content (AvgIpc) is 2.58. The number of aromatic nitrogens is 4. The topological polar surface area (TPSA) is 60.1 Å². The van der Waals surface area contributed by atoms with Crippen molar-refractivity contribution in [3.8, 4) is 11.4 Å². The van der Waals surface area contributed by atoms with Gasteiger partial charge < -0.3 is 0 Å². The van der Waals surface area contributed by atoms with E-state index in [1.165, 1.54) is 0 Å². The second-order valence-electron chi connectivity index (χ2n) is 5.07. The van der Waals surface area contributed by atoms with Gasteiger partial charge in [0.05, 0.1) is 5.52 Å². The van der Waals surface area contributed by atoms with Crippen LogP contribution >= 0.6 is 0 Å². The molecule has 2 heterocycles. The quantitative estimate of drug-likeness (QED) is 0.505. The molecule has 5 heteroatoms. The van der Waals surface area contributed by atoms with Gasteiger partial charge in [-0.15, -0.1) is 10.2 Å². The standard InChI is InChI=1S/C17H12N4O/c1-11-17(22)21-15(12-7-3-2-4-8-12)18-14-10-6-5-9-13(14)16(21)20-19-11/h2-10H,1H3. The van der Waals surface area contributed by atoms with Gasteiger partial charge in [0.15, 0.2) is 5.65 Å². The Balaban J connectivity index is 2.27. The van der Waals surface area contributed by atoms with Crippen LogP contribution in [0.1, 0.15) is 5.69 Å². The predicted molar refractivity (Wildman–Crippen MR) is 84.7 cm³/mol. The molecule has 0 spiro atoms. The lowest BCUT2D eigenvalue weighted by Crippen LogP contribution is -2.22. The van der Waals surface area contributed by atoms with E-state index in [-0.39, 0.29) is 5.56 Å². The SMILES string of the molecule is Cc1nnc2c3ccccc3nc(-c3ccccc3)n2c1=O. The van der Waals surface area contributed by atoms with E-state index in [9.17, 15) is 4.79 Å². The number of hydrogen-bond donors (Lipinski definition) is 0. The van der Waals surface area contributed by atoms with Gasteiger partial charge in [-0.25, -0.2) is 9.38 Å². The van der Waals surface area contributed by atoms with Crippen LogP contribution in [0.5, 0.6) is 0 Å². The molecule has 0 radical (unpaired) electrons. The van der Waals surface area contributed by atoms with E-state index < -0.39 is 0 Å². The second-order valence-corrected chi connectivity index (χ2v) is 5.07. The van der Waals surface area contributed by atoms with Gasteiger partial charge in [0, 0.05) is 10.9 Å².